The largest absolute Gasteiger partial charge is 0.469 e. The van der Waals surface area contributed by atoms with Crippen molar-refractivity contribution < 1.29 is 14.3 Å². The molecule has 1 aliphatic heterocycles. The lowest BCUT2D eigenvalue weighted by Gasteiger charge is -2.67. The van der Waals surface area contributed by atoms with Gasteiger partial charge < -0.3 is 4.74 Å². The van der Waals surface area contributed by atoms with Gasteiger partial charge in [0.1, 0.15) is 5.69 Å². The second-order valence-corrected chi connectivity index (χ2v) is 8.16. The Labute approximate surface area is 150 Å². The first-order valence-corrected chi connectivity index (χ1v) is 8.93. The van der Waals surface area contributed by atoms with Gasteiger partial charge in [-0.1, -0.05) is 6.92 Å². The van der Waals surface area contributed by atoms with Gasteiger partial charge in [-0.2, -0.15) is 10.2 Å². The summed E-state index contributed by atoms with van der Waals surface area (Å²) in [6.07, 6.45) is 4.18. The summed E-state index contributed by atoms with van der Waals surface area (Å²) in [6, 6.07) is 2.11. The van der Waals surface area contributed by atoms with Crippen molar-refractivity contribution in [1.29, 1.82) is 0 Å². The Morgan fingerprint density at radius 3 is 2.69 bits per heavy atom. The number of fused-ring (bicyclic) bond motifs is 3. The van der Waals surface area contributed by atoms with Crippen LogP contribution >= 0.6 is 0 Å². The van der Waals surface area contributed by atoms with Crippen molar-refractivity contribution in [2.75, 3.05) is 7.11 Å². The van der Waals surface area contributed by atoms with E-state index in [1.165, 1.54) is 14.0 Å². The molecule has 1 unspecified atom stereocenters. The van der Waals surface area contributed by atoms with E-state index < -0.39 is 0 Å². The van der Waals surface area contributed by atoms with Crippen molar-refractivity contribution in [3.63, 3.8) is 0 Å². The summed E-state index contributed by atoms with van der Waals surface area (Å²) in [5.74, 6) is -0.00777. The monoisotopic (exact) mass is 352 g/mol. The predicted octanol–water partition coefficient (Wildman–Crippen LogP) is 2.25. The molecule has 0 spiro atoms. The van der Waals surface area contributed by atoms with Gasteiger partial charge in [-0.25, -0.2) is 0 Å². The first-order chi connectivity index (χ1) is 12.4. The average Bonchev–Trinajstić information content (AvgIpc) is 2.95. The maximum atomic E-state index is 12.0. The number of aromatic nitrogens is 4. The molecule has 0 amide bonds. The average molecular weight is 352 g/mol. The smallest absolute Gasteiger partial charge is 0.311 e. The number of rotatable bonds is 3. The van der Waals surface area contributed by atoms with E-state index in [9.17, 15) is 9.59 Å². The highest BCUT2D eigenvalue weighted by atomic mass is 16.5. The molecule has 0 aromatic carbocycles. The molecule has 1 atom stereocenters. The first-order valence-electron chi connectivity index (χ1n) is 8.93. The highest BCUT2D eigenvalue weighted by Crippen LogP contribution is 2.73. The Hall–Kier alpha value is -2.57. The number of hydrogen-bond donors (Lipinski definition) is 0. The Morgan fingerprint density at radius 2 is 2.04 bits per heavy atom. The summed E-state index contributed by atoms with van der Waals surface area (Å²) >= 11 is 0. The summed E-state index contributed by atoms with van der Waals surface area (Å²) < 4.78 is 6.95. The maximum absolute atomic E-state index is 12.0. The normalized spacial score (nSPS) is 30.5. The summed E-state index contributed by atoms with van der Waals surface area (Å²) in [6.45, 7) is 4.33. The van der Waals surface area contributed by atoms with Crippen molar-refractivity contribution in [3.8, 4) is 11.3 Å². The number of esters is 1. The van der Waals surface area contributed by atoms with Crippen molar-refractivity contribution >= 4 is 11.8 Å². The van der Waals surface area contributed by atoms with Gasteiger partial charge in [0.25, 0.3) is 0 Å². The summed E-state index contributed by atoms with van der Waals surface area (Å²) in [7, 11) is 1.46. The van der Waals surface area contributed by atoms with Crippen LogP contribution in [0.1, 0.15) is 60.8 Å². The molecule has 3 aliphatic carbocycles. The predicted molar refractivity (Wildman–Crippen MR) is 91.7 cm³/mol. The molecule has 2 aromatic rings. The van der Waals surface area contributed by atoms with Crippen LogP contribution in [0.2, 0.25) is 0 Å². The molecule has 0 N–H and O–H groups in total. The Morgan fingerprint density at radius 1 is 1.31 bits per heavy atom. The minimum atomic E-state index is -0.280. The van der Waals surface area contributed by atoms with Gasteiger partial charge in [-0.3, -0.25) is 14.3 Å². The first kappa shape index (κ1) is 15.7. The minimum absolute atomic E-state index is 0.00575. The maximum Gasteiger partial charge on any atom is 0.311 e. The standard InChI is InChI=1S/C19H20N4O3/c1-10-6-23-13(12-5-20-21-16(11(2)24)15(10)12)4-14(22-23)18-7-19(8-18,9-18)17(25)26-3/h4-5,10H,6-9H2,1-3H3. The molecule has 2 bridgehead atoms. The topological polar surface area (TPSA) is 87.0 Å². The number of ketones is 1. The number of methoxy groups -OCH3 is 1. The van der Waals surface area contributed by atoms with E-state index in [1.54, 1.807) is 6.20 Å². The van der Waals surface area contributed by atoms with Crippen LogP contribution in [0.15, 0.2) is 12.3 Å². The van der Waals surface area contributed by atoms with E-state index in [-0.39, 0.29) is 28.5 Å². The summed E-state index contributed by atoms with van der Waals surface area (Å²) in [5.41, 5.74) is 4.12. The zero-order valence-corrected chi connectivity index (χ0v) is 15.1. The Balaban J connectivity index is 1.54. The molecule has 134 valence electrons. The molecule has 3 saturated carbocycles. The highest BCUT2D eigenvalue weighted by Gasteiger charge is 2.73. The van der Waals surface area contributed by atoms with Gasteiger partial charge in [0.2, 0.25) is 0 Å². The minimum Gasteiger partial charge on any atom is -0.469 e. The van der Waals surface area contributed by atoms with Gasteiger partial charge in [0, 0.05) is 30.4 Å². The highest BCUT2D eigenvalue weighted by molar-refractivity contribution is 5.95. The summed E-state index contributed by atoms with van der Waals surface area (Å²) in [4.78, 5) is 23.9. The number of carbonyl (C=O) groups is 2. The van der Waals surface area contributed by atoms with Crippen molar-refractivity contribution in [2.24, 2.45) is 5.41 Å². The number of Topliss-reactive ketones (excluding diaryl/α,β-unsaturated/α-hetero) is 1. The number of ether oxygens (including phenoxy) is 1. The van der Waals surface area contributed by atoms with Gasteiger partial charge in [-0.05, 0) is 30.9 Å². The molecule has 6 rings (SSSR count). The van der Waals surface area contributed by atoms with Crippen LogP contribution < -0.4 is 0 Å². The van der Waals surface area contributed by atoms with Crippen molar-refractivity contribution in [2.45, 2.75) is 51.0 Å². The molecular formula is C19H20N4O3. The molecule has 2 aromatic heterocycles. The molecule has 7 heteroatoms. The van der Waals surface area contributed by atoms with Gasteiger partial charge >= 0.3 is 5.97 Å². The summed E-state index contributed by atoms with van der Waals surface area (Å²) in [5, 5.41) is 13.0. The van der Waals surface area contributed by atoms with E-state index in [0.717, 1.165) is 41.8 Å². The van der Waals surface area contributed by atoms with Crippen LogP contribution in [0.3, 0.4) is 0 Å². The van der Waals surface area contributed by atoms with E-state index in [2.05, 4.69) is 23.2 Å². The number of nitrogens with zero attached hydrogens (tertiary/aromatic N) is 4. The molecule has 7 nitrogen and oxygen atoms in total. The fourth-order valence-electron chi connectivity index (χ4n) is 5.23. The lowest BCUT2D eigenvalue weighted by atomic mass is 9.34. The molecular weight excluding hydrogens is 332 g/mol. The van der Waals surface area contributed by atoms with Gasteiger partial charge in [0.15, 0.2) is 5.78 Å². The van der Waals surface area contributed by atoms with Crippen LogP contribution in [0.5, 0.6) is 0 Å². The van der Waals surface area contributed by atoms with Crippen molar-refractivity contribution in [3.05, 3.63) is 29.2 Å². The van der Waals surface area contributed by atoms with Crippen LogP contribution in [0, 0.1) is 5.41 Å². The van der Waals surface area contributed by atoms with E-state index >= 15 is 0 Å². The van der Waals surface area contributed by atoms with Crippen LogP contribution in [0.4, 0.5) is 0 Å². The Bertz CT molecular complexity index is 957. The number of hydrogen-bond acceptors (Lipinski definition) is 6. The van der Waals surface area contributed by atoms with Crippen LogP contribution in [-0.4, -0.2) is 38.8 Å². The van der Waals surface area contributed by atoms with E-state index in [1.807, 2.05) is 4.68 Å². The van der Waals surface area contributed by atoms with Crippen LogP contribution in [-0.2, 0) is 21.5 Å². The van der Waals surface area contributed by atoms with E-state index in [0.29, 0.717) is 12.2 Å². The van der Waals surface area contributed by atoms with Gasteiger partial charge in [0.05, 0.1) is 30.1 Å². The van der Waals surface area contributed by atoms with E-state index in [4.69, 9.17) is 9.84 Å². The molecule has 0 radical (unpaired) electrons. The zero-order valence-electron chi connectivity index (χ0n) is 15.1. The lowest BCUT2D eigenvalue weighted by molar-refractivity contribution is -0.198. The second kappa shape index (κ2) is 4.78. The molecule has 26 heavy (non-hydrogen) atoms. The molecule has 3 heterocycles. The third kappa shape index (κ3) is 1.75. The zero-order chi connectivity index (χ0) is 18.3. The third-order valence-corrected chi connectivity index (χ3v) is 6.41. The lowest BCUT2D eigenvalue weighted by Crippen LogP contribution is -2.68. The third-order valence-electron chi connectivity index (χ3n) is 6.41. The van der Waals surface area contributed by atoms with Crippen LogP contribution in [0.25, 0.3) is 11.3 Å². The molecule has 4 aliphatic rings. The molecule has 0 saturated heterocycles. The Kier molecular flexibility index (Phi) is 2.88. The molecule has 3 fully saturated rings. The SMILES string of the molecule is COC(=O)C12CC(c3cc4n(n3)CC(C)c3c-4cnnc3C(C)=O)(C1)C2. The second-order valence-electron chi connectivity index (χ2n) is 8.16. The quantitative estimate of drug-likeness (QED) is 0.622. The number of carbonyl (C=O) groups excluding carboxylic acids is 2. The van der Waals surface area contributed by atoms with Crippen molar-refractivity contribution in [1.82, 2.24) is 20.0 Å². The fraction of sp³-hybridized carbons (Fsp3) is 0.526. The fourth-order valence-corrected chi connectivity index (χ4v) is 5.23. The van der Waals surface area contributed by atoms with Gasteiger partial charge in [-0.15, -0.1) is 5.10 Å².